The van der Waals surface area contributed by atoms with Crippen molar-refractivity contribution in [3.63, 3.8) is 0 Å². The molecule has 4 heterocycles. The summed E-state index contributed by atoms with van der Waals surface area (Å²) in [5, 5.41) is 2.55. The summed E-state index contributed by atoms with van der Waals surface area (Å²) in [4.78, 5) is 9.17. The highest BCUT2D eigenvalue weighted by Crippen LogP contribution is 2.36. The van der Waals surface area contributed by atoms with E-state index in [1.54, 1.807) is 6.20 Å². The molecule has 0 unspecified atom stereocenters. The fourth-order valence-corrected chi connectivity index (χ4v) is 5.39. The molecule has 2 aromatic heterocycles. The SMILES string of the molecule is c1ccc2c(c1)Cc1ccc(-c3ccc4c(c3)Oc3ncccc3[SiH2]4)nc1O2. The average molecular weight is 380 g/mol. The number of pyridine rings is 2. The third-order valence-electron chi connectivity index (χ3n) is 5.30. The van der Waals surface area contributed by atoms with Crippen molar-refractivity contribution in [3.05, 3.63) is 84.1 Å². The summed E-state index contributed by atoms with van der Waals surface area (Å²) in [7, 11) is -0.569. The van der Waals surface area contributed by atoms with E-state index in [1.165, 1.54) is 15.9 Å². The van der Waals surface area contributed by atoms with E-state index >= 15 is 0 Å². The predicted molar refractivity (Wildman–Crippen MR) is 111 cm³/mol. The van der Waals surface area contributed by atoms with Crippen LogP contribution in [0.1, 0.15) is 11.1 Å². The summed E-state index contributed by atoms with van der Waals surface area (Å²) in [6, 6.07) is 22.8. The number of fused-ring (bicyclic) bond motifs is 4. The van der Waals surface area contributed by atoms with Crippen LogP contribution in [-0.2, 0) is 6.42 Å². The topological polar surface area (TPSA) is 44.2 Å². The average Bonchev–Trinajstić information content (AvgIpc) is 2.75. The third-order valence-corrected chi connectivity index (χ3v) is 7.18. The zero-order chi connectivity index (χ0) is 18.5. The van der Waals surface area contributed by atoms with Gasteiger partial charge in [0.25, 0.3) is 0 Å². The van der Waals surface area contributed by atoms with E-state index in [-0.39, 0.29) is 0 Å². The van der Waals surface area contributed by atoms with Crippen LogP contribution in [0, 0.1) is 0 Å². The summed E-state index contributed by atoms with van der Waals surface area (Å²) >= 11 is 0. The summed E-state index contributed by atoms with van der Waals surface area (Å²) in [6.45, 7) is 0. The molecule has 4 nitrogen and oxygen atoms in total. The molecular formula is C23H16N2O2Si. The zero-order valence-electron chi connectivity index (χ0n) is 15.1. The molecule has 0 amide bonds. The van der Waals surface area contributed by atoms with E-state index in [0.717, 1.165) is 40.6 Å². The van der Waals surface area contributed by atoms with Crippen LogP contribution in [-0.4, -0.2) is 19.5 Å². The van der Waals surface area contributed by atoms with Crippen LogP contribution in [0.4, 0.5) is 0 Å². The van der Waals surface area contributed by atoms with E-state index in [9.17, 15) is 0 Å². The molecule has 28 heavy (non-hydrogen) atoms. The van der Waals surface area contributed by atoms with Crippen molar-refractivity contribution in [2.75, 3.05) is 0 Å². The highest BCUT2D eigenvalue weighted by molar-refractivity contribution is 6.69. The summed E-state index contributed by atoms with van der Waals surface area (Å²) < 4.78 is 12.1. The lowest BCUT2D eigenvalue weighted by Gasteiger charge is -2.21. The first-order valence-corrected chi connectivity index (χ1v) is 10.8. The Hall–Kier alpha value is -3.44. The van der Waals surface area contributed by atoms with Crippen LogP contribution < -0.4 is 19.8 Å². The fraction of sp³-hybridized carbons (Fsp3) is 0.0435. The molecule has 0 spiro atoms. The smallest absolute Gasteiger partial charge is 0.223 e. The Labute approximate surface area is 164 Å². The largest absolute Gasteiger partial charge is 0.439 e. The van der Waals surface area contributed by atoms with Crippen molar-refractivity contribution >= 4 is 19.9 Å². The summed E-state index contributed by atoms with van der Waals surface area (Å²) in [5.41, 5.74) is 4.22. The van der Waals surface area contributed by atoms with Crippen molar-refractivity contribution < 1.29 is 9.47 Å². The van der Waals surface area contributed by atoms with Crippen molar-refractivity contribution in [1.29, 1.82) is 0 Å². The number of aromatic nitrogens is 2. The van der Waals surface area contributed by atoms with Gasteiger partial charge in [0.2, 0.25) is 11.8 Å². The van der Waals surface area contributed by atoms with Gasteiger partial charge in [0.15, 0.2) is 0 Å². The van der Waals surface area contributed by atoms with Crippen LogP contribution in [0.5, 0.6) is 23.3 Å². The van der Waals surface area contributed by atoms with E-state index in [0.29, 0.717) is 5.88 Å². The number of hydrogen-bond acceptors (Lipinski definition) is 4. The normalized spacial score (nSPS) is 14.1. The van der Waals surface area contributed by atoms with Crippen molar-refractivity contribution in [2.45, 2.75) is 6.42 Å². The summed E-state index contributed by atoms with van der Waals surface area (Å²) in [6.07, 6.45) is 2.63. The lowest BCUT2D eigenvalue weighted by molar-refractivity contribution is 0.441. The molecule has 0 fully saturated rings. The molecule has 0 N–H and O–H groups in total. The Balaban J connectivity index is 1.36. The van der Waals surface area contributed by atoms with Crippen LogP contribution in [0.2, 0.25) is 0 Å². The Morgan fingerprint density at radius 1 is 0.750 bits per heavy atom. The monoisotopic (exact) mass is 380 g/mol. The molecule has 0 saturated carbocycles. The maximum Gasteiger partial charge on any atom is 0.223 e. The van der Waals surface area contributed by atoms with E-state index in [1.807, 2.05) is 24.3 Å². The minimum absolute atomic E-state index is 0.569. The molecule has 0 bridgehead atoms. The van der Waals surface area contributed by atoms with Crippen LogP contribution >= 0.6 is 0 Å². The van der Waals surface area contributed by atoms with Crippen LogP contribution in [0.15, 0.2) is 72.9 Å². The second kappa shape index (κ2) is 6.04. The Bertz CT molecular complexity index is 1140. The van der Waals surface area contributed by atoms with Gasteiger partial charge in [-0.05, 0) is 40.2 Å². The second-order valence-electron chi connectivity index (χ2n) is 7.12. The lowest BCUT2D eigenvalue weighted by Crippen LogP contribution is -2.34. The Morgan fingerprint density at radius 3 is 2.68 bits per heavy atom. The Morgan fingerprint density at radius 2 is 1.68 bits per heavy atom. The van der Waals surface area contributed by atoms with Gasteiger partial charge in [-0.2, -0.15) is 0 Å². The number of hydrogen-bond donors (Lipinski definition) is 0. The molecular weight excluding hydrogens is 364 g/mol. The first-order chi connectivity index (χ1) is 13.8. The third kappa shape index (κ3) is 2.52. The molecule has 134 valence electrons. The molecule has 0 aliphatic carbocycles. The molecule has 6 rings (SSSR count). The van der Waals surface area contributed by atoms with Gasteiger partial charge in [0, 0.05) is 23.7 Å². The van der Waals surface area contributed by atoms with Crippen molar-refractivity contribution in [1.82, 2.24) is 9.97 Å². The highest BCUT2D eigenvalue weighted by Gasteiger charge is 2.21. The maximum atomic E-state index is 6.06. The molecule has 2 aromatic carbocycles. The van der Waals surface area contributed by atoms with Crippen LogP contribution in [0.25, 0.3) is 11.3 Å². The molecule has 4 aromatic rings. The van der Waals surface area contributed by atoms with Crippen molar-refractivity contribution in [2.24, 2.45) is 0 Å². The van der Waals surface area contributed by atoms with Crippen molar-refractivity contribution in [3.8, 4) is 34.5 Å². The first kappa shape index (κ1) is 15.6. The number of rotatable bonds is 1. The van der Waals surface area contributed by atoms with Gasteiger partial charge in [-0.25, -0.2) is 9.97 Å². The van der Waals surface area contributed by atoms with Gasteiger partial charge in [-0.15, -0.1) is 0 Å². The molecule has 0 saturated heterocycles. The summed E-state index contributed by atoms with van der Waals surface area (Å²) in [5.74, 6) is 3.23. The van der Waals surface area contributed by atoms with E-state index < -0.39 is 9.52 Å². The highest BCUT2D eigenvalue weighted by atomic mass is 28.2. The standard InChI is InChI=1S/C23H16N2O2Si/c1-2-5-18-15(4-1)12-16-7-9-17(25-22(16)26-18)14-8-10-20-19(13-14)27-23-21(28-20)6-3-11-24-23/h1-11,13H,12,28H2. The minimum Gasteiger partial charge on any atom is -0.439 e. The van der Waals surface area contributed by atoms with E-state index in [2.05, 4.69) is 47.4 Å². The zero-order valence-corrected chi connectivity index (χ0v) is 16.5. The van der Waals surface area contributed by atoms with Gasteiger partial charge in [-0.1, -0.05) is 42.5 Å². The maximum absolute atomic E-state index is 6.06. The van der Waals surface area contributed by atoms with Crippen LogP contribution in [0.3, 0.4) is 0 Å². The van der Waals surface area contributed by atoms with Gasteiger partial charge < -0.3 is 9.47 Å². The number of ether oxygens (including phenoxy) is 2. The fourth-order valence-electron chi connectivity index (χ4n) is 3.83. The molecule has 0 radical (unpaired) electrons. The van der Waals surface area contributed by atoms with Gasteiger partial charge in [0.1, 0.15) is 11.5 Å². The number of nitrogens with zero attached hydrogens (tertiary/aromatic N) is 2. The quantitative estimate of drug-likeness (QED) is 0.411. The number of benzene rings is 2. The van der Waals surface area contributed by atoms with Gasteiger partial charge in [-0.3, -0.25) is 0 Å². The van der Waals surface area contributed by atoms with Gasteiger partial charge >= 0.3 is 0 Å². The molecule has 5 heteroatoms. The minimum atomic E-state index is -0.569. The lowest BCUT2D eigenvalue weighted by atomic mass is 10.0. The molecule has 0 atom stereocenters. The number of para-hydroxylation sites is 1. The Kier molecular flexibility index (Phi) is 3.36. The molecule has 2 aliphatic heterocycles. The molecule has 2 aliphatic rings. The first-order valence-electron chi connectivity index (χ1n) is 9.34. The second-order valence-corrected chi connectivity index (χ2v) is 8.99. The van der Waals surface area contributed by atoms with E-state index in [4.69, 9.17) is 14.5 Å². The van der Waals surface area contributed by atoms with Gasteiger partial charge in [0.05, 0.1) is 15.2 Å². The predicted octanol–water partition coefficient (Wildman–Crippen LogP) is 3.07.